The van der Waals surface area contributed by atoms with E-state index in [1.165, 1.54) is 5.56 Å². The van der Waals surface area contributed by atoms with E-state index in [1.54, 1.807) is 0 Å². The van der Waals surface area contributed by atoms with Gasteiger partial charge in [0.05, 0.1) is 13.2 Å². The smallest absolute Gasteiger partial charge is 0.119 e. The third-order valence-corrected chi connectivity index (χ3v) is 5.15. The molecule has 0 saturated carbocycles. The van der Waals surface area contributed by atoms with Crippen LogP contribution in [0, 0.1) is 0 Å². The van der Waals surface area contributed by atoms with Crippen LogP contribution < -0.4 is 9.47 Å². The van der Waals surface area contributed by atoms with Crippen LogP contribution in [0.5, 0.6) is 11.5 Å². The normalized spacial score (nSPS) is 12.6. The van der Waals surface area contributed by atoms with Crippen LogP contribution in [0.3, 0.4) is 0 Å². The van der Waals surface area contributed by atoms with Gasteiger partial charge < -0.3 is 24.4 Å². The van der Waals surface area contributed by atoms with Gasteiger partial charge in [-0.1, -0.05) is 51.5 Å². The van der Waals surface area contributed by atoms with Gasteiger partial charge in [-0.05, 0) is 41.8 Å². The summed E-state index contributed by atoms with van der Waals surface area (Å²) in [6, 6.07) is 16.1. The lowest BCUT2D eigenvalue weighted by Gasteiger charge is -2.26. The van der Waals surface area contributed by atoms with Crippen LogP contribution in [0.25, 0.3) is 0 Å². The summed E-state index contributed by atoms with van der Waals surface area (Å²) >= 11 is 0. The lowest BCUT2D eigenvalue weighted by molar-refractivity contribution is 0.0536. The molecule has 0 amide bonds. The van der Waals surface area contributed by atoms with E-state index >= 15 is 0 Å². The summed E-state index contributed by atoms with van der Waals surface area (Å²) in [6.07, 6.45) is 2.29. The van der Waals surface area contributed by atoms with Crippen molar-refractivity contribution in [2.24, 2.45) is 0 Å². The van der Waals surface area contributed by atoms with Crippen molar-refractivity contribution in [1.29, 1.82) is 0 Å². The van der Waals surface area contributed by atoms with Gasteiger partial charge in [0.25, 0.3) is 0 Å². The fraction of sp³-hybridized carbons (Fsp3) is 0.520. The van der Waals surface area contributed by atoms with Gasteiger partial charge in [0, 0.05) is 25.0 Å². The maximum absolute atomic E-state index is 9.39. The first kappa shape index (κ1) is 24.2. The minimum Gasteiger partial charge on any atom is -0.494 e. The Labute approximate surface area is 180 Å². The molecule has 2 aromatic carbocycles. The largest absolute Gasteiger partial charge is 0.494 e. The van der Waals surface area contributed by atoms with Crippen molar-refractivity contribution in [2.75, 3.05) is 33.0 Å². The molecule has 5 nitrogen and oxygen atoms in total. The molecule has 0 fully saturated rings. The second-order valence-corrected chi connectivity index (χ2v) is 7.99. The molecular weight excluding hydrogens is 380 g/mol. The van der Waals surface area contributed by atoms with Crippen LogP contribution >= 0.6 is 0 Å². The number of rotatable bonds is 14. The van der Waals surface area contributed by atoms with Gasteiger partial charge in [-0.25, -0.2) is 0 Å². The number of aliphatic hydroxyl groups is 2. The molecule has 0 aromatic heterocycles. The first-order chi connectivity index (χ1) is 14.5. The molecule has 0 radical (unpaired) electrons. The monoisotopic (exact) mass is 416 g/mol. The van der Waals surface area contributed by atoms with Gasteiger partial charge in [0.15, 0.2) is 0 Å². The van der Waals surface area contributed by atoms with Crippen molar-refractivity contribution in [3.63, 3.8) is 0 Å². The van der Waals surface area contributed by atoms with Gasteiger partial charge in [0.1, 0.15) is 24.2 Å². The number of hydrogen-bond acceptors (Lipinski definition) is 5. The van der Waals surface area contributed by atoms with E-state index in [2.05, 4.69) is 32.9 Å². The Bertz CT molecular complexity index is 709. The third kappa shape index (κ3) is 7.63. The van der Waals surface area contributed by atoms with Crippen molar-refractivity contribution in [3.05, 3.63) is 59.7 Å². The fourth-order valence-corrected chi connectivity index (χ4v) is 3.05. The van der Waals surface area contributed by atoms with Gasteiger partial charge >= 0.3 is 0 Å². The molecule has 0 heterocycles. The average Bonchev–Trinajstić information content (AvgIpc) is 2.77. The van der Waals surface area contributed by atoms with Gasteiger partial charge in [-0.3, -0.25) is 0 Å². The molecule has 2 N–H and O–H groups in total. The SMILES string of the molecule is CCCCOCCCOc1ccc(C(C)(C)c2ccc(OCC(O)CO)cc2)cc1. The summed E-state index contributed by atoms with van der Waals surface area (Å²) in [5.74, 6) is 1.54. The van der Waals surface area contributed by atoms with Crippen LogP contribution in [-0.2, 0) is 10.2 Å². The lowest BCUT2D eigenvalue weighted by Crippen LogP contribution is -2.21. The van der Waals surface area contributed by atoms with Crippen molar-refractivity contribution >= 4 is 0 Å². The Morgan fingerprint density at radius 1 is 0.800 bits per heavy atom. The van der Waals surface area contributed by atoms with Crippen LogP contribution in [0.1, 0.15) is 51.2 Å². The average molecular weight is 417 g/mol. The Balaban J connectivity index is 1.86. The highest BCUT2D eigenvalue weighted by atomic mass is 16.5. The number of aliphatic hydroxyl groups excluding tert-OH is 2. The molecule has 1 unspecified atom stereocenters. The molecule has 5 heteroatoms. The minimum absolute atomic E-state index is 0.0750. The molecule has 1 atom stereocenters. The summed E-state index contributed by atoms with van der Waals surface area (Å²) in [5, 5.41) is 18.3. The van der Waals surface area contributed by atoms with E-state index < -0.39 is 6.10 Å². The Kier molecular flexibility index (Phi) is 10.1. The van der Waals surface area contributed by atoms with E-state index in [4.69, 9.17) is 19.3 Å². The molecule has 0 spiro atoms. The highest BCUT2D eigenvalue weighted by Crippen LogP contribution is 2.33. The first-order valence-corrected chi connectivity index (χ1v) is 10.8. The molecule has 166 valence electrons. The summed E-state index contributed by atoms with van der Waals surface area (Å²) < 4.78 is 16.9. The number of ether oxygens (including phenoxy) is 3. The van der Waals surface area contributed by atoms with E-state index in [-0.39, 0.29) is 18.6 Å². The van der Waals surface area contributed by atoms with Crippen molar-refractivity contribution < 1.29 is 24.4 Å². The summed E-state index contributed by atoms with van der Waals surface area (Å²) in [6.45, 7) is 8.52. The topological polar surface area (TPSA) is 68.2 Å². The van der Waals surface area contributed by atoms with Crippen molar-refractivity contribution in [2.45, 2.75) is 51.6 Å². The maximum Gasteiger partial charge on any atom is 0.119 e. The third-order valence-electron chi connectivity index (χ3n) is 5.15. The molecule has 0 saturated heterocycles. The quantitative estimate of drug-likeness (QED) is 0.449. The van der Waals surface area contributed by atoms with Crippen LogP contribution in [0.4, 0.5) is 0 Å². The summed E-state index contributed by atoms with van der Waals surface area (Å²) in [5.41, 5.74) is 2.19. The highest BCUT2D eigenvalue weighted by molar-refractivity contribution is 5.41. The minimum atomic E-state index is -0.865. The molecule has 0 bridgehead atoms. The predicted octanol–water partition coefficient (Wildman–Crippen LogP) is 4.33. The standard InChI is InChI=1S/C25H36O5/c1-4-5-15-28-16-6-17-29-23-11-7-20(8-12-23)25(2,3)21-9-13-24(14-10-21)30-19-22(27)18-26/h7-14,22,26-27H,4-6,15-19H2,1-3H3. The van der Waals surface area contributed by atoms with Crippen LogP contribution in [0.15, 0.2) is 48.5 Å². The summed E-state index contributed by atoms with van der Waals surface area (Å²) in [7, 11) is 0. The Hall–Kier alpha value is -2.08. The first-order valence-electron chi connectivity index (χ1n) is 10.8. The van der Waals surface area contributed by atoms with Crippen LogP contribution in [-0.4, -0.2) is 49.4 Å². The molecule has 2 rings (SSSR count). The number of benzene rings is 2. The molecule has 2 aromatic rings. The molecule has 0 aliphatic carbocycles. The van der Waals surface area contributed by atoms with E-state index in [0.29, 0.717) is 12.4 Å². The van der Waals surface area contributed by atoms with E-state index in [0.717, 1.165) is 43.8 Å². The molecule has 0 aliphatic rings. The van der Waals surface area contributed by atoms with Crippen molar-refractivity contribution in [3.8, 4) is 11.5 Å². The van der Waals surface area contributed by atoms with E-state index in [9.17, 15) is 5.11 Å². The zero-order valence-electron chi connectivity index (χ0n) is 18.5. The number of unbranched alkanes of at least 4 members (excludes halogenated alkanes) is 1. The number of hydrogen-bond donors (Lipinski definition) is 2. The Morgan fingerprint density at radius 2 is 1.33 bits per heavy atom. The van der Waals surface area contributed by atoms with Gasteiger partial charge in [-0.15, -0.1) is 0 Å². The van der Waals surface area contributed by atoms with Gasteiger partial charge in [-0.2, -0.15) is 0 Å². The fourth-order valence-electron chi connectivity index (χ4n) is 3.05. The second-order valence-electron chi connectivity index (χ2n) is 7.99. The zero-order chi connectivity index (χ0) is 21.8. The molecular formula is C25H36O5. The Morgan fingerprint density at radius 3 is 1.87 bits per heavy atom. The summed E-state index contributed by atoms with van der Waals surface area (Å²) in [4.78, 5) is 0. The predicted molar refractivity (Wildman–Crippen MR) is 119 cm³/mol. The second kappa shape index (κ2) is 12.6. The van der Waals surface area contributed by atoms with Gasteiger partial charge in [0.2, 0.25) is 0 Å². The zero-order valence-corrected chi connectivity index (χ0v) is 18.5. The molecule has 30 heavy (non-hydrogen) atoms. The molecule has 0 aliphatic heterocycles. The van der Waals surface area contributed by atoms with Crippen molar-refractivity contribution in [1.82, 2.24) is 0 Å². The van der Waals surface area contributed by atoms with Crippen LogP contribution in [0.2, 0.25) is 0 Å². The maximum atomic E-state index is 9.39. The highest BCUT2D eigenvalue weighted by Gasteiger charge is 2.23. The lowest BCUT2D eigenvalue weighted by atomic mass is 9.78. The van der Waals surface area contributed by atoms with E-state index in [1.807, 2.05) is 36.4 Å².